The Morgan fingerprint density at radius 1 is 1.00 bits per heavy atom. The number of aryl methyl sites for hydroxylation is 1. The van der Waals surface area contributed by atoms with Crippen LogP contribution >= 0.6 is 0 Å². The summed E-state index contributed by atoms with van der Waals surface area (Å²) >= 11 is 0. The molecule has 1 saturated heterocycles. The topological polar surface area (TPSA) is 61.4 Å². The maximum atomic E-state index is 13.6. The van der Waals surface area contributed by atoms with Crippen LogP contribution in [0.4, 0.5) is 10.1 Å². The zero-order valence-corrected chi connectivity index (χ0v) is 19.4. The zero-order chi connectivity index (χ0) is 23.2. The first-order valence-electron chi connectivity index (χ1n) is 12.2. The Bertz CT molecular complexity index is 959. The number of nitrogens with zero attached hydrogens (tertiary/aromatic N) is 1. The van der Waals surface area contributed by atoms with E-state index in [-0.39, 0.29) is 17.7 Å². The molecule has 0 atom stereocenters. The van der Waals surface area contributed by atoms with Gasteiger partial charge in [0, 0.05) is 29.8 Å². The van der Waals surface area contributed by atoms with Crippen molar-refractivity contribution in [2.24, 2.45) is 5.92 Å². The van der Waals surface area contributed by atoms with E-state index in [1.54, 1.807) is 13.0 Å². The number of rotatable bonds is 6. The number of nitrogens with one attached hydrogen (secondary N) is 2. The van der Waals surface area contributed by atoms with Gasteiger partial charge in [0.15, 0.2) is 0 Å². The van der Waals surface area contributed by atoms with Crippen LogP contribution in [0.25, 0.3) is 0 Å². The van der Waals surface area contributed by atoms with Gasteiger partial charge in [-0.15, -0.1) is 0 Å². The smallest absolute Gasteiger partial charge is 0.255 e. The Balaban J connectivity index is 1.27. The van der Waals surface area contributed by atoms with E-state index < -0.39 is 5.82 Å². The van der Waals surface area contributed by atoms with Crippen molar-refractivity contribution in [1.82, 2.24) is 10.2 Å². The Kier molecular flexibility index (Phi) is 7.76. The van der Waals surface area contributed by atoms with Crippen molar-refractivity contribution in [3.8, 4) is 0 Å². The van der Waals surface area contributed by atoms with Crippen LogP contribution in [0.3, 0.4) is 0 Å². The number of benzene rings is 2. The molecule has 6 heteroatoms. The van der Waals surface area contributed by atoms with Gasteiger partial charge in [-0.05, 0) is 87.2 Å². The second kappa shape index (κ2) is 10.9. The van der Waals surface area contributed by atoms with Crippen LogP contribution in [0.5, 0.6) is 0 Å². The van der Waals surface area contributed by atoms with E-state index in [1.807, 2.05) is 24.3 Å². The molecule has 0 aromatic heterocycles. The second-order valence-corrected chi connectivity index (χ2v) is 9.57. The van der Waals surface area contributed by atoms with Gasteiger partial charge in [0.05, 0.1) is 0 Å². The first-order chi connectivity index (χ1) is 16.0. The van der Waals surface area contributed by atoms with Gasteiger partial charge in [-0.3, -0.25) is 14.5 Å². The average Bonchev–Trinajstić information content (AvgIpc) is 2.80. The molecule has 5 nitrogen and oxygen atoms in total. The summed E-state index contributed by atoms with van der Waals surface area (Å²) in [5, 5.41) is 6.15. The number of amides is 2. The minimum Gasteiger partial charge on any atom is -0.353 e. The SMILES string of the molecule is Cc1cc(F)cc(C(=O)Nc2cccc(CN3CCC(C(=O)NC4CCCCC4)CC3)c2)c1. The molecular formula is C27H34FN3O2. The predicted octanol–water partition coefficient (Wildman–Crippen LogP) is 5.05. The largest absolute Gasteiger partial charge is 0.353 e. The number of anilines is 1. The average molecular weight is 452 g/mol. The van der Waals surface area contributed by atoms with Gasteiger partial charge < -0.3 is 10.6 Å². The van der Waals surface area contributed by atoms with Gasteiger partial charge in [0.1, 0.15) is 5.82 Å². The summed E-state index contributed by atoms with van der Waals surface area (Å²) in [6.07, 6.45) is 7.75. The fourth-order valence-corrected chi connectivity index (χ4v) is 5.00. The highest BCUT2D eigenvalue weighted by atomic mass is 19.1. The lowest BCUT2D eigenvalue weighted by Gasteiger charge is -2.32. The first kappa shape index (κ1) is 23.4. The van der Waals surface area contributed by atoms with E-state index >= 15 is 0 Å². The van der Waals surface area contributed by atoms with Crippen LogP contribution in [-0.4, -0.2) is 35.8 Å². The number of likely N-dealkylation sites (tertiary alicyclic amines) is 1. The lowest BCUT2D eigenvalue weighted by atomic mass is 9.92. The summed E-state index contributed by atoms with van der Waals surface area (Å²) in [7, 11) is 0. The number of halogens is 1. The molecule has 2 fully saturated rings. The summed E-state index contributed by atoms with van der Waals surface area (Å²) in [6, 6.07) is 12.5. The summed E-state index contributed by atoms with van der Waals surface area (Å²) < 4.78 is 13.6. The van der Waals surface area contributed by atoms with Crippen LogP contribution in [0.1, 0.15) is 66.4 Å². The third kappa shape index (κ3) is 6.64. The molecule has 2 amide bonds. The second-order valence-electron chi connectivity index (χ2n) is 9.57. The van der Waals surface area contributed by atoms with Crippen molar-refractivity contribution in [3.63, 3.8) is 0 Å². The van der Waals surface area contributed by atoms with Gasteiger partial charge in [0.25, 0.3) is 5.91 Å². The van der Waals surface area contributed by atoms with E-state index in [1.165, 1.54) is 31.4 Å². The summed E-state index contributed by atoms with van der Waals surface area (Å²) in [6.45, 7) is 4.33. The molecule has 0 bridgehead atoms. The number of piperidine rings is 1. The highest BCUT2D eigenvalue weighted by molar-refractivity contribution is 6.04. The molecule has 1 heterocycles. The van der Waals surface area contributed by atoms with Crippen molar-refractivity contribution >= 4 is 17.5 Å². The Morgan fingerprint density at radius 3 is 2.48 bits per heavy atom. The molecule has 33 heavy (non-hydrogen) atoms. The van der Waals surface area contributed by atoms with Gasteiger partial charge in [0.2, 0.25) is 5.91 Å². The van der Waals surface area contributed by atoms with Gasteiger partial charge in [-0.25, -0.2) is 4.39 Å². The Labute approximate surface area is 195 Å². The van der Waals surface area contributed by atoms with Crippen molar-refractivity contribution in [2.75, 3.05) is 18.4 Å². The highest BCUT2D eigenvalue weighted by Crippen LogP contribution is 2.23. The van der Waals surface area contributed by atoms with Gasteiger partial charge >= 0.3 is 0 Å². The number of carbonyl (C=O) groups is 2. The molecule has 0 spiro atoms. The summed E-state index contributed by atoms with van der Waals surface area (Å²) in [5.41, 5.74) is 2.82. The summed E-state index contributed by atoms with van der Waals surface area (Å²) in [5.74, 6) is -0.383. The standard InChI is InChI=1S/C27H34FN3O2/c1-19-14-22(17-23(28)15-19)27(33)30-25-9-5-6-20(16-25)18-31-12-10-21(11-13-31)26(32)29-24-7-3-2-4-8-24/h5-6,9,14-17,21,24H,2-4,7-8,10-13,18H2,1H3,(H,29,32)(H,30,33). The molecule has 1 aliphatic carbocycles. The molecule has 0 radical (unpaired) electrons. The molecule has 4 rings (SSSR count). The Hall–Kier alpha value is -2.73. The fourth-order valence-electron chi connectivity index (χ4n) is 5.00. The van der Waals surface area contributed by atoms with E-state index in [2.05, 4.69) is 15.5 Å². The van der Waals surface area contributed by atoms with Crippen molar-refractivity contribution < 1.29 is 14.0 Å². The monoisotopic (exact) mass is 451 g/mol. The number of hydrogen-bond acceptors (Lipinski definition) is 3. The molecule has 2 aromatic carbocycles. The van der Waals surface area contributed by atoms with Crippen molar-refractivity contribution in [3.05, 3.63) is 65.0 Å². The highest BCUT2D eigenvalue weighted by Gasteiger charge is 2.27. The molecule has 2 N–H and O–H groups in total. The molecule has 2 aliphatic rings. The van der Waals surface area contributed by atoms with E-state index in [9.17, 15) is 14.0 Å². The molecule has 0 unspecified atom stereocenters. The van der Waals surface area contributed by atoms with Crippen LogP contribution in [-0.2, 0) is 11.3 Å². The number of carbonyl (C=O) groups excluding carboxylic acids is 2. The zero-order valence-electron chi connectivity index (χ0n) is 19.4. The minimum atomic E-state index is -0.412. The lowest BCUT2D eigenvalue weighted by Crippen LogP contribution is -2.44. The van der Waals surface area contributed by atoms with Gasteiger partial charge in [-0.2, -0.15) is 0 Å². The van der Waals surface area contributed by atoms with E-state index in [0.29, 0.717) is 22.9 Å². The molecule has 176 valence electrons. The van der Waals surface area contributed by atoms with Crippen LogP contribution in [0.15, 0.2) is 42.5 Å². The third-order valence-corrected chi connectivity index (χ3v) is 6.81. The van der Waals surface area contributed by atoms with E-state index in [4.69, 9.17) is 0 Å². The third-order valence-electron chi connectivity index (χ3n) is 6.81. The van der Waals surface area contributed by atoms with Crippen molar-refractivity contribution in [1.29, 1.82) is 0 Å². The van der Waals surface area contributed by atoms with Crippen molar-refractivity contribution in [2.45, 2.75) is 64.5 Å². The van der Waals surface area contributed by atoms with Crippen LogP contribution in [0, 0.1) is 18.7 Å². The molecular weight excluding hydrogens is 417 g/mol. The quantitative estimate of drug-likeness (QED) is 0.646. The van der Waals surface area contributed by atoms with E-state index in [0.717, 1.165) is 50.9 Å². The lowest BCUT2D eigenvalue weighted by molar-refractivity contribution is -0.127. The first-order valence-corrected chi connectivity index (χ1v) is 12.2. The Morgan fingerprint density at radius 2 is 1.76 bits per heavy atom. The molecule has 2 aromatic rings. The number of hydrogen-bond donors (Lipinski definition) is 2. The molecule has 1 aliphatic heterocycles. The van der Waals surface area contributed by atoms with Crippen LogP contribution < -0.4 is 10.6 Å². The predicted molar refractivity (Wildman–Crippen MR) is 129 cm³/mol. The maximum Gasteiger partial charge on any atom is 0.255 e. The fraction of sp³-hybridized carbons (Fsp3) is 0.481. The van der Waals surface area contributed by atoms with Gasteiger partial charge in [-0.1, -0.05) is 31.4 Å². The van der Waals surface area contributed by atoms with Crippen LogP contribution in [0.2, 0.25) is 0 Å². The minimum absolute atomic E-state index is 0.114. The maximum absolute atomic E-state index is 13.6. The summed E-state index contributed by atoms with van der Waals surface area (Å²) in [4.78, 5) is 27.5. The molecule has 1 saturated carbocycles. The normalized spacial score (nSPS) is 18.1.